The number of esters is 1. The molecule has 1 aliphatic heterocycles. The minimum absolute atomic E-state index is 0.0434. The zero-order valence-electron chi connectivity index (χ0n) is 17.5. The number of hydrogen-bond donors (Lipinski definition) is 0. The molecule has 0 unspecified atom stereocenters. The van der Waals surface area contributed by atoms with Gasteiger partial charge in [0.1, 0.15) is 0 Å². The second-order valence-corrected chi connectivity index (χ2v) is 7.59. The standard InChI is InChI=1S/C23H25NO5/c1-23(2,3)16-10-7-14(8-11-16)21-24-17(22(25)29-21)13-15-9-12-18(26-4)20(28-6)19(15)27-5/h7-13H,1-6H3. The Morgan fingerprint density at radius 1 is 0.897 bits per heavy atom. The molecule has 0 radical (unpaired) electrons. The topological polar surface area (TPSA) is 66.4 Å². The second-order valence-electron chi connectivity index (χ2n) is 7.59. The highest BCUT2D eigenvalue weighted by molar-refractivity contribution is 6.13. The Morgan fingerprint density at radius 2 is 1.55 bits per heavy atom. The summed E-state index contributed by atoms with van der Waals surface area (Å²) in [6, 6.07) is 11.4. The molecular formula is C23H25NO5. The number of methoxy groups -OCH3 is 3. The van der Waals surface area contributed by atoms with Gasteiger partial charge >= 0.3 is 5.97 Å². The van der Waals surface area contributed by atoms with Gasteiger partial charge in [-0.1, -0.05) is 32.9 Å². The molecule has 0 N–H and O–H groups in total. The molecule has 0 aliphatic carbocycles. The third kappa shape index (κ3) is 4.11. The zero-order valence-corrected chi connectivity index (χ0v) is 17.5. The van der Waals surface area contributed by atoms with Gasteiger partial charge in [0.2, 0.25) is 11.6 Å². The molecule has 0 atom stereocenters. The lowest BCUT2D eigenvalue weighted by molar-refractivity contribution is -0.129. The van der Waals surface area contributed by atoms with Gasteiger partial charge in [0.25, 0.3) is 0 Å². The maximum absolute atomic E-state index is 12.4. The number of nitrogens with zero attached hydrogens (tertiary/aromatic N) is 1. The minimum Gasteiger partial charge on any atom is -0.493 e. The first kappa shape index (κ1) is 20.5. The number of carbonyl (C=O) groups is 1. The highest BCUT2D eigenvalue weighted by atomic mass is 16.6. The van der Waals surface area contributed by atoms with Gasteiger partial charge in [-0.05, 0) is 41.3 Å². The fourth-order valence-electron chi connectivity index (χ4n) is 3.03. The summed E-state index contributed by atoms with van der Waals surface area (Å²) in [5, 5.41) is 0. The smallest absolute Gasteiger partial charge is 0.363 e. The number of cyclic esters (lactones) is 1. The normalized spacial score (nSPS) is 15.2. The molecule has 0 spiro atoms. The lowest BCUT2D eigenvalue weighted by Gasteiger charge is -2.18. The molecule has 0 aromatic heterocycles. The van der Waals surface area contributed by atoms with Crippen LogP contribution in [0.4, 0.5) is 0 Å². The van der Waals surface area contributed by atoms with Crippen LogP contribution >= 0.6 is 0 Å². The molecule has 0 saturated carbocycles. The van der Waals surface area contributed by atoms with Crippen molar-refractivity contribution in [3.63, 3.8) is 0 Å². The molecule has 2 aromatic rings. The first-order valence-corrected chi connectivity index (χ1v) is 9.21. The van der Waals surface area contributed by atoms with Crippen molar-refractivity contribution in [3.05, 3.63) is 58.8 Å². The van der Waals surface area contributed by atoms with E-state index >= 15 is 0 Å². The van der Waals surface area contributed by atoms with E-state index in [0.29, 0.717) is 22.8 Å². The highest BCUT2D eigenvalue weighted by Gasteiger charge is 2.26. The lowest BCUT2D eigenvalue weighted by Crippen LogP contribution is -2.11. The van der Waals surface area contributed by atoms with Gasteiger partial charge in [-0.3, -0.25) is 0 Å². The molecule has 0 saturated heterocycles. The molecule has 29 heavy (non-hydrogen) atoms. The third-order valence-electron chi connectivity index (χ3n) is 4.65. The van der Waals surface area contributed by atoms with E-state index in [-0.39, 0.29) is 17.0 Å². The predicted molar refractivity (Wildman–Crippen MR) is 112 cm³/mol. The summed E-state index contributed by atoms with van der Waals surface area (Å²) in [5.74, 6) is 1.18. The van der Waals surface area contributed by atoms with Crippen LogP contribution in [-0.2, 0) is 14.9 Å². The van der Waals surface area contributed by atoms with Crippen molar-refractivity contribution in [1.29, 1.82) is 0 Å². The Morgan fingerprint density at radius 3 is 2.10 bits per heavy atom. The van der Waals surface area contributed by atoms with Gasteiger partial charge in [0, 0.05) is 11.1 Å². The van der Waals surface area contributed by atoms with Crippen LogP contribution in [-0.4, -0.2) is 33.2 Å². The van der Waals surface area contributed by atoms with Crippen molar-refractivity contribution in [2.75, 3.05) is 21.3 Å². The van der Waals surface area contributed by atoms with Crippen LogP contribution in [0.1, 0.15) is 37.5 Å². The molecule has 1 heterocycles. The summed E-state index contributed by atoms with van der Waals surface area (Å²) in [7, 11) is 4.60. The average Bonchev–Trinajstić information content (AvgIpc) is 3.07. The van der Waals surface area contributed by atoms with E-state index < -0.39 is 5.97 Å². The van der Waals surface area contributed by atoms with Crippen molar-refractivity contribution in [2.45, 2.75) is 26.2 Å². The van der Waals surface area contributed by atoms with Crippen LogP contribution in [0.25, 0.3) is 6.08 Å². The molecule has 1 aliphatic rings. The fraction of sp³-hybridized carbons (Fsp3) is 0.304. The summed E-state index contributed by atoms with van der Waals surface area (Å²) in [5.41, 5.74) is 2.79. The summed E-state index contributed by atoms with van der Waals surface area (Å²) >= 11 is 0. The quantitative estimate of drug-likeness (QED) is 0.556. The Labute approximate surface area is 170 Å². The van der Waals surface area contributed by atoms with Crippen molar-refractivity contribution in [2.24, 2.45) is 4.99 Å². The van der Waals surface area contributed by atoms with Crippen molar-refractivity contribution in [3.8, 4) is 17.2 Å². The van der Waals surface area contributed by atoms with Crippen LogP contribution in [0.5, 0.6) is 17.2 Å². The molecule has 6 nitrogen and oxygen atoms in total. The summed E-state index contributed by atoms with van der Waals surface area (Å²) in [6.45, 7) is 6.44. The lowest BCUT2D eigenvalue weighted by atomic mass is 9.87. The zero-order chi connectivity index (χ0) is 21.2. The van der Waals surface area contributed by atoms with Gasteiger partial charge in [0.05, 0.1) is 21.3 Å². The second kappa shape index (κ2) is 7.99. The van der Waals surface area contributed by atoms with Crippen molar-refractivity contribution in [1.82, 2.24) is 0 Å². The average molecular weight is 395 g/mol. The summed E-state index contributed by atoms with van der Waals surface area (Å²) in [6.07, 6.45) is 1.61. The van der Waals surface area contributed by atoms with Crippen molar-refractivity contribution >= 4 is 17.9 Å². The van der Waals surface area contributed by atoms with Gasteiger partial charge in [-0.25, -0.2) is 9.79 Å². The number of rotatable bonds is 5. The molecule has 152 valence electrons. The number of benzene rings is 2. The van der Waals surface area contributed by atoms with Crippen LogP contribution < -0.4 is 14.2 Å². The van der Waals surface area contributed by atoms with E-state index in [1.165, 1.54) is 19.8 Å². The number of carbonyl (C=O) groups excluding carboxylic acids is 1. The first-order chi connectivity index (χ1) is 13.8. The van der Waals surface area contributed by atoms with E-state index in [4.69, 9.17) is 18.9 Å². The van der Waals surface area contributed by atoms with E-state index in [0.717, 1.165) is 5.56 Å². The molecule has 2 aromatic carbocycles. The molecule has 0 bridgehead atoms. The molecule has 6 heteroatoms. The SMILES string of the molecule is COc1ccc(C=C2N=C(c3ccc(C(C)(C)C)cc3)OC2=O)c(OC)c1OC. The minimum atomic E-state index is -0.517. The van der Waals surface area contributed by atoms with Gasteiger partial charge < -0.3 is 18.9 Å². The molecule has 0 fully saturated rings. The van der Waals surface area contributed by atoms with E-state index in [2.05, 4.69) is 25.8 Å². The van der Waals surface area contributed by atoms with E-state index in [1.54, 1.807) is 25.3 Å². The monoisotopic (exact) mass is 395 g/mol. The fourth-order valence-corrected chi connectivity index (χ4v) is 3.03. The van der Waals surface area contributed by atoms with Gasteiger partial charge in [-0.15, -0.1) is 0 Å². The number of hydrogen-bond acceptors (Lipinski definition) is 6. The highest BCUT2D eigenvalue weighted by Crippen LogP contribution is 2.41. The Hall–Kier alpha value is -3.28. The third-order valence-corrected chi connectivity index (χ3v) is 4.65. The number of aliphatic imine (C=N–C) groups is 1. The Kier molecular flexibility index (Phi) is 5.64. The largest absolute Gasteiger partial charge is 0.493 e. The van der Waals surface area contributed by atoms with Crippen LogP contribution in [0.2, 0.25) is 0 Å². The maximum Gasteiger partial charge on any atom is 0.363 e. The van der Waals surface area contributed by atoms with Crippen LogP contribution in [0.15, 0.2) is 47.1 Å². The summed E-state index contributed by atoms with van der Waals surface area (Å²) in [4.78, 5) is 16.7. The van der Waals surface area contributed by atoms with Crippen LogP contribution in [0, 0.1) is 0 Å². The summed E-state index contributed by atoms with van der Waals surface area (Å²) < 4.78 is 21.5. The predicted octanol–water partition coefficient (Wildman–Crippen LogP) is 4.35. The first-order valence-electron chi connectivity index (χ1n) is 9.21. The molecular weight excluding hydrogens is 370 g/mol. The molecule has 3 rings (SSSR count). The van der Waals surface area contributed by atoms with E-state index in [1.807, 2.05) is 24.3 Å². The molecule has 0 amide bonds. The van der Waals surface area contributed by atoms with E-state index in [9.17, 15) is 4.79 Å². The van der Waals surface area contributed by atoms with Crippen molar-refractivity contribution < 1.29 is 23.7 Å². The van der Waals surface area contributed by atoms with Crippen LogP contribution in [0.3, 0.4) is 0 Å². The maximum atomic E-state index is 12.4. The Bertz CT molecular complexity index is 982. The number of ether oxygens (including phenoxy) is 4. The van der Waals surface area contributed by atoms with Gasteiger partial charge in [0.15, 0.2) is 17.2 Å². The Balaban J connectivity index is 1.97. The van der Waals surface area contributed by atoms with Gasteiger partial charge in [-0.2, -0.15) is 0 Å².